The summed E-state index contributed by atoms with van der Waals surface area (Å²) < 4.78 is 6.67. The van der Waals surface area contributed by atoms with E-state index in [-0.39, 0.29) is 11.4 Å². The average Bonchev–Trinajstić information content (AvgIpc) is 3.19. The number of amides is 2. The molecule has 5 N–H and O–H groups in total. The third kappa shape index (κ3) is 4.04. The molecule has 4 atom stereocenters. The Labute approximate surface area is 151 Å². The zero-order chi connectivity index (χ0) is 19.3. The van der Waals surface area contributed by atoms with Gasteiger partial charge in [-0.3, -0.25) is 14.2 Å². The summed E-state index contributed by atoms with van der Waals surface area (Å²) in [5.74, 6) is -1.05. The van der Waals surface area contributed by atoms with Crippen molar-refractivity contribution in [1.82, 2.24) is 20.2 Å². The molecule has 146 valence electrons. The molecule has 0 unspecified atom stereocenters. The van der Waals surface area contributed by atoms with Crippen LogP contribution >= 0.6 is 0 Å². The summed E-state index contributed by atoms with van der Waals surface area (Å²) in [6, 6.07) is 0. The molecule has 1 fully saturated rings. The number of aliphatic hydroxyl groups excluding tert-OH is 3. The molecule has 10 heteroatoms. The summed E-state index contributed by atoms with van der Waals surface area (Å²) in [7, 11) is 0. The minimum atomic E-state index is -1.38. The molecule has 0 bridgehead atoms. The van der Waals surface area contributed by atoms with E-state index in [4.69, 9.17) is 4.74 Å². The van der Waals surface area contributed by atoms with Crippen LogP contribution in [0.5, 0.6) is 0 Å². The average molecular weight is 370 g/mol. The third-order valence-corrected chi connectivity index (χ3v) is 4.09. The highest BCUT2D eigenvalue weighted by molar-refractivity contribution is 6.05. The first kappa shape index (κ1) is 20.3. The van der Waals surface area contributed by atoms with Gasteiger partial charge in [0.2, 0.25) is 0 Å². The zero-order valence-electron chi connectivity index (χ0n) is 14.9. The summed E-state index contributed by atoms with van der Waals surface area (Å²) in [6.45, 7) is 4.11. The number of carbonyl (C=O) groups is 2. The van der Waals surface area contributed by atoms with Crippen LogP contribution in [-0.4, -0.2) is 74.7 Å². The maximum Gasteiger partial charge on any atom is 0.272 e. The smallest absolute Gasteiger partial charge is 0.272 e. The Balaban J connectivity index is 2.38. The highest BCUT2D eigenvalue weighted by atomic mass is 16.6. The van der Waals surface area contributed by atoms with E-state index in [2.05, 4.69) is 15.6 Å². The van der Waals surface area contributed by atoms with Gasteiger partial charge in [-0.2, -0.15) is 0 Å². The van der Waals surface area contributed by atoms with Gasteiger partial charge in [0.25, 0.3) is 11.8 Å². The van der Waals surface area contributed by atoms with Crippen LogP contribution in [0, 0.1) is 0 Å². The predicted molar refractivity (Wildman–Crippen MR) is 90.5 cm³/mol. The predicted octanol–water partition coefficient (Wildman–Crippen LogP) is -1.23. The van der Waals surface area contributed by atoms with Crippen molar-refractivity contribution in [1.29, 1.82) is 0 Å². The molecule has 10 nitrogen and oxygen atoms in total. The number of nitrogens with one attached hydrogen (secondary N) is 2. The molecule has 1 aromatic rings. The maximum absolute atomic E-state index is 12.6. The van der Waals surface area contributed by atoms with Crippen LogP contribution in [0.1, 0.15) is 53.9 Å². The number of ether oxygens (including phenoxy) is 1. The monoisotopic (exact) mass is 370 g/mol. The molecule has 1 aliphatic heterocycles. The quantitative estimate of drug-likeness (QED) is 0.385. The van der Waals surface area contributed by atoms with Crippen molar-refractivity contribution in [2.75, 3.05) is 19.7 Å². The highest BCUT2D eigenvalue weighted by Gasteiger charge is 2.45. The first-order chi connectivity index (χ1) is 12.5. The van der Waals surface area contributed by atoms with Gasteiger partial charge in [-0.15, -0.1) is 0 Å². The molecular weight excluding hydrogens is 344 g/mol. The number of aliphatic hydroxyl groups is 3. The number of carbonyl (C=O) groups excluding carboxylic acids is 2. The van der Waals surface area contributed by atoms with Crippen LogP contribution in [0.3, 0.4) is 0 Å². The normalized spacial score (nSPS) is 25.3. The van der Waals surface area contributed by atoms with Crippen molar-refractivity contribution in [2.24, 2.45) is 0 Å². The third-order valence-electron chi connectivity index (χ3n) is 4.09. The van der Waals surface area contributed by atoms with E-state index < -0.39 is 43.0 Å². The Morgan fingerprint density at radius 2 is 1.77 bits per heavy atom. The number of imidazole rings is 1. The fourth-order valence-electron chi connectivity index (χ4n) is 2.70. The number of hydrogen-bond acceptors (Lipinski definition) is 7. The van der Waals surface area contributed by atoms with Crippen molar-refractivity contribution in [3.8, 4) is 0 Å². The van der Waals surface area contributed by atoms with E-state index >= 15 is 0 Å². The molecule has 2 rings (SSSR count). The van der Waals surface area contributed by atoms with Crippen molar-refractivity contribution in [3.63, 3.8) is 0 Å². The maximum atomic E-state index is 12.6. The number of rotatable bonds is 8. The highest BCUT2D eigenvalue weighted by Crippen LogP contribution is 2.31. The van der Waals surface area contributed by atoms with Gasteiger partial charge in [0.1, 0.15) is 24.0 Å². The molecule has 1 saturated heterocycles. The molecule has 1 aliphatic rings. The summed E-state index contributed by atoms with van der Waals surface area (Å²) >= 11 is 0. The molecule has 0 radical (unpaired) electrons. The second kappa shape index (κ2) is 9.08. The summed E-state index contributed by atoms with van der Waals surface area (Å²) in [4.78, 5) is 28.9. The van der Waals surface area contributed by atoms with Crippen LogP contribution in [0.25, 0.3) is 0 Å². The van der Waals surface area contributed by atoms with Crippen molar-refractivity contribution >= 4 is 11.8 Å². The SMILES string of the molecule is CCCNC(=O)c1ncn([C@@H]2O[C@H](CO)[C@@H](O)[C@H]2O)c1C(=O)NCCC. The molecule has 0 spiro atoms. The number of hydrogen-bond donors (Lipinski definition) is 5. The minimum Gasteiger partial charge on any atom is -0.394 e. The topological polar surface area (TPSA) is 146 Å². The Hall–Kier alpha value is -2.01. The van der Waals surface area contributed by atoms with Crippen molar-refractivity contribution < 1.29 is 29.6 Å². The van der Waals surface area contributed by atoms with Gasteiger partial charge in [-0.25, -0.2) is 4.98 Å². The molecule has 0 aliphatic carbocycles. The lowest BCUT2D eigenvalue weighted by Gasteiger charge is -2.19. The Morgan fingerprint density at radius 3 is 2.31 bits per heavy atom. The first-order valence-corrected chi connectivity index (χ1v) is 8.71. The van der Waals surface area contributed by atoms with E-state index in [1.54, 1.807) is 0 Å². The van der Waals surface area contributed by atoms with Gasteiger partial charge in [-0.05, 0) is 12.8 Å². The summed E-state index contributed by atoms with van der Waals surface area (Å²) in [5, 5.41) is 34.7. The molecule has 0 aromatic carbocycles. The molecule has 0 saturated carbocycles. The minimum absolute atomic E-state index is 0.0677. The standard InChI is InChI=1S/C16H26N4O6/c1-3-5-17-14(24)10-11(15(25)18-6-4-2)20(8-19-10)16-13(23)12(22)9(7-21)26-16/h8-9,12-13,16,21-23H,3-7H2,1-2H3,(H,17,24)(H,18,25)/t9-,12-,13-,16-/m1/s1. The van der Waals surface area contributed by atoms with E-state index in [1.165, 1.54) is 10.9 Å². The first-order valence-electron chi connectivity index (χ1n) is 8.71. The van der Waals surface area contributed by atoms with E-state index in [1.807, 2.05) is 13.8 Å². The Bertz CT molecular complexity index is 634. The van der Waals surface area contributed by atoms with E-state index in [0.29, 0.717) is 19.5 Å². The summed E-state index contributed by atoms with van der Waals surface area (Å²) in [5.41, 5.74) is -0.160. The van der Waals surface area contributed by atoms with Gasteiger partial charge in [0, 0.05) is 13.1 Å². The van der Waals surface area contributed by atoms with Crippen LogP contribution in [0.4, 0.5) is 0 Å². The number of aromatic nitrogens is 2. The molecule has 2 amide bonds. The Morgan fingerprint density at radius 1 is 1.15 bits per heavy atom. The van der Waals surface area contributed by atoms with Gasteiger partial charge in [0.15, 0.2) is 11.9 Å². The molecule has 2 heterocycles. The van der Waals surface area contributed by atoms with Crippen LogP contribution in [0.2, 0.25) is 0 Å². The fraction of sp³-hybridized carbons (Fsp3) is 0.688. The second-order valence-corrected chi connectivity index (χ2v) is 6.09. The van der Waals surface area contributed by atoms with Crippen LogP contribution < -0.4 is 10.6 Å². The van der Waals surface area contributed by atoms with Crippen molar-refractivity contribution in [3.05, 3.63) is 17.7 Å². The van der Waals surface area contributed by atoms with E-state index in [0.717, 1.165) is 6.42 Å². The largest absolute Gasteiger partial charge is 0.394 e. The molecule has 1 aromatic heterocycles. The Kier molecular flexibility index (Phi) is 7.09. The molecule has 26 heavy (non-hydrogen) atoms. The zero-order valence-corrected chi connectivity index (χ0v) is 14.9. The number of nitrogens with zero attached hydrogens (tertiary/aromatic N) is 2. The van der Waals surface area contributed by atoms with Crippen LogP contribution in [-0.2, 0) is 4.74 Å². The second-order valence-electron chi connectivity index (χ2n) is 6.09. The lowest BCUT2D eigenvalue weighted by Crippen LogP contribution is -2.35. The summed E-state index contributed by atoms with van der Waals surface area (Å²) in [6.07, 6.45) is -2.22. The van der Waals surface area contributed by atoms with Crippen LogP contribution in [0.15, 0.2) is 6.33 Å². The van der Waals surface area contributed by atoms with Gasteiger partial charge in [-0.1, -0.05) is 13.8 Å². The van der Waals surface area contributed by atoms with Gasteiger partial charge < -0.3 is 30.7 Å². The van der Waals surface area contributed by atoms with Gasteiger partial charge >= 0.3 is 0 Å². The van der Waals surface area contributed by atoms with E-state index in [9.17, 15) is 24.9 Å². The lowest BCUT2D eigenvalue weighted by atomic mass is 10.1. The lowest BCUT2D eigenvalue weighted by molar-refractivity contribution is -0.0535. The fourth-order valence-corrected chi connectivity index (χ4v) is 2.70. The van der Waals surface area contributed by atoms with Crippen molar-refractivity contribution in [2.45, 2.75) is 51.2 Å². The molecular formula is C16H26N4O6. The van der Waals surface area contributed by atoms with Gasteiger partial charge in [0.05, 0.1) is 12.9 Å².